The molecule has 10 heteroatoms. The molecule has 1 unspecified atom stereocenters. The lowest BCUT2D eigenvalue weighted by molar-refractivity contribution is -0.165. The number of fused-ring (bicyclic) bond motifs is 3. The summed E-state index contributed by atoms with van der Waals surface area (Å²) >= 11 is 0. The second-order valence-electron chi connectivity index (χ2n) is 14.7. The largest absolute Gasteiger partial charge is 0.493 e. The summed E-state index contributed by atoms with van der Waals surface area (Å²) in [6.07, 6.45) is 1.93. The van der Waals surface area contributed by atoms with E-state index in [0.29, 0.717) is 75.8 Å². The van der Waals surface area contributed by atoms with Crippen LogP contribution in [-0.4, -0.2) is 105 Å². The summed E-state index contributed by atoms with van der Waals surface area (Å²) in [5.41, 5.74) is 3.24. The van der Waals surface area contributed by atoms with Crippen LogP contribution < -0.4 is 14.2 Å². The van der Waals surface area contributed by atoms with Crippen LogP contribution in [0.5, 0.6) is 17.2 Å². The summed E-state index contributed by atoms with van der Waals surface area (Å²) in [5, 5.41) is 11.8. The molecule has 4 aliphatic rings. The Morgan fingerprint density at radius 3 is 2.26 bits per heavy atom. The van der Waals surface area contributed by atoms with Crippen LogP contribution in [0.2, 0.25) is 0 Å². The molecule has 10 nitrogen and oxygen atoms in total. The lowest BCUT2D eigenvalue weighted by Gasteiger charge is -2.51. The molecule has 0 aromatic heterocycles. The Morgan fingerprint density at radius 2 is 1.59 bits per heavy atom. The van der Waals surface area contributed by atoms with E-state index in [1.54, 1.807) is 14.2 Å². The summed E-state index contributed by atoms with van der Waals surface area (Å²) in [6.45, 7) is 5.34. The van der Waals surface area contributed by atoms with Crippen molar-refractivity contribution in [3.05, 3.63) is 113 Å². The molecule has 0 saturated carbocycles. The van der Waals surface area contributed by atoms with Crippen LogP contribution in [0, 0.1) is 0 Å². The number of hydrogen-bond acceptors (Lipinski definition) is 9. The first-order valence-corrected chi connectivity index (χ1v) is 19.0. The molecule has 1 N–H and O–H groups in total. The maximum Gasteiger partial charge on any atom is 0.354 e. The van der Waals surface area contributed by atoms with E-state index in [2.05, 4.69) is 34.1 Å². The number of ether oxygens (including phenoxy) is 5. The molecular formula is C44H48N2O8. The average molecular weight is 733 g/mol. The van der Waals surface area contributed by atoms with E-state index >= 15 is 0 Å². The molecule has 3 saturated heterocycles. The van der Waals surface area contributed by atoms with Crippen molar-refractivity contribution in [1.29, 1.82) is 0 Å². The number of epoxide rings is 1. The van der Waals surface area contributed by atoms with Gasteiger partial charge in [-0.25, -0.2) is 9.59 Å². The van der Waals surface area contributed by atoms with Gasteiger partial charge in [-0.05, 0) is 83.5 Å². The number of nitrogens with zero attached hydrogens (tertiary/aromatic N) is 2. The summed E-state index contributed by atoms with van der Waals surface area (Å²) in [5.74, 6) is -0.348. The highest BCUT2D eigenvalue weighted by Crippen LogP contribution is 2.58. The topological polar surface area (TPSA) is 110 Å². The maximum absolute atomic E-state index is 14.4. The van der Waals surface area contributed by atoms with Crippen LogP contribution in [0.1, 0.15) is 53.4 Å². The number of carboxylic acids is 1. The number of benzene rings is 4. The van der Waals surface area contributed by atoms with E-state index in [0.717, 1.165) is 53.0 Å². The number of carbonyl (C=O) groups excluding carboxylic acids is 1. The van der Waals surface area contributed by atoms with Gasteiger partial charge in [-0.15, -0.1) is 0 Å². The molecule has 3 aliphatic heterocycles. The minimum atomic E-state index is -1.70. The van der Waals surface area contributed by atoms with Crippen molar-refractivity contribution in [2.75, 3.05) is 66.8 Å². The molecule has 4 aromatic rings. The number of methoxy groups -OCH3 is 2. The minimum absolute atomic E-state index is 0.0820. The lowest BCUT2D eigenvalue weighted by atomic mass is 9.63. The summed E-state index contributed by atoms with van der Waals surface area (Å²) < 4.78 is 29.0. The molecule has 0 bridgehead atoms. The standard InChI is InChI=1S/C44H48N2O8/c1-50-39-18-16-30(27-40(39)51-2)15-17-38(31-9-7-10-32(28-31)53-26-23-45-21-24-52-25-22-45)44(41(47)48)43(42(49)54-43)19-8-20-46(44)29-37-35-13-5-3-11-33(35)34-12-4-6-14-36(34)37/h3-7,9-14,16,18,27-28,37-38H,8,15,17,19-26,29H2,1-2H3,(H,47,48)/t38-,43-,44?/m1/s1. The third kappa shape index (κ3) is 6.29. The second kappa shape index (κ2) is 15.1. The van der Waals surface area contributed by atoms with Gasteiger partial charge in [0.25, 0.3) is 0 Å². The number of morpholine rings is 1. The van der Waals surface area contributed by atoms with Gasteiger partial charge in [0.15, 0.2) is 17.0 Å². The van der Waals surface area contributed by atoms with Gasteiger partial charge in [0.1, 0.15) is 12.4 Å². The maximum atomic E-state index is 14.4. The Bertz CT molecular complexity index is 1970. The normalized spacial score (nSPS) is 23.0. The fourth-order valence-electron chi connectivity index (χ4n) is 9.43. The molecule has 4 aromatic carbocycles. The quantitative estimate of drug-likeness (QED) is 0.152. The number of hydrogen-bond donors (Lipinski definition) is 1. The zero-order valence-electron chi connectivity index (χ0n) is 31.0. The van der Waals surface area contributed by atoms with Crippen LogP contribution in [0.15, 0.2) is 91.0 Å². The summed E-state index contributed by atoms with van der Waals surface area (Å²) in [4.78, 5) is 32.5. The molecule has 1 spiro atoms. The molecule has 8 rings (SSSR count). The summed E-state index contributed by atoms with van der Waals surface area (Å²) in [7, 11) is 3.21. The highest BCUT2D eigenvalue weighted by Gasteiger charge is 2.80. The monoisotopic (exact) mass is 732 g/mol. The molecule has 1 aliphatic carbocycles. The first-order chi connectivity index (χ1) is 26.4. The molecule has 3 heterocycles. The number of piperidine rings is 1. The Balaban J connectivity index is 1.20. The van der Waals surface area contributed by atoms with Gasteiger partial charge in [-0.2, -0.15) is 0 Å². The predicted molar refractivity (Wildman–Crippen MR) is 204 cm³/mol. The van der Waals surface area contributed by atoms with Gasteiger partial charge in [0.05, 0.1) is 27.4 Å². The third-order valence-electron chi connectivity index (χ3n) is 12.0. The SMILES string of the molecule is COc1ccc(CC[C@H](c2cccc(OCCN3CCOCC3)c2)C2(C(=O)O)N(CC3c4ccccc4-c4ccccc43)CCC[C@]23OC3=O)cc1OC. The number of aliphatic carboxylic acids is 1. The van der Waals surface area contributed by atoms with Crippen LogP contribution in [0.4, 0.5) is 0 Å². The van der Waals surface area contributed by atoms with Gasteiger partial charge >= 0.3 is 11.9 Å². The van der Waals surface area contributed by atoms with Crippen molar-refractivity contribution >= 4 is 11.9 Å². The Hall–Kier alpha value is -4.90. The van der Waals surface area contributed by atoms with Gasteiger partial charge in [0.2, 0.25) is 5.60 Å². The highest BCUT2D eigenvalue weighted by atomic mass is 16.7. The number of aryl methyl sites for hydroxylation is 1. The van der Waals surface area contributed by atoms with E-state index in [1.165, 1.54) is 0 Å². The van der Waals surface area contributed by atoms with Crippen molar-refractivity contribution in [1.82, 2.24) is 9.80 Å². The van der Waals surface area contributed by atoms with Gasteiger partial charge < -0.3 is 28.8 Å². The molecule has 54 heavy (non-hydrogen) atoms. The van der Waals surface area contributed by atoms with Crippen molar-refractivity contribution in [3.63, 3.8) is 0 Å². The molecule has 3 fully saturated rings. The number of carboxylic acid groups (broad SMARTS) is 1. The fourth-order valence-corrected chi connectivity index (χ4v) is 9.43. The van der Waals surface area contributed by atoms with Crippen molar-refractivity contribution in [3.8, 4) is 28.4 Å². The van der Waals surface area contributed by atoms with Gasteiger partial charge in [0, 0.05) is 44.4 Å². The van der Waals surface area contributed by atoms with Crippen LogP contribution in [0.3, 0.4) is 0 Å². The lowest BCUT2D eigenvalue weighted by Crippen LogP contribution is -2.70. The zero-order chi connectivity index (χ0) is 37.3. The van der Waals surface area contributed by atoms with E-state index in [-0.39, 0.29) is 5.92 Å². The first-order valence-electron chi connectivity index (χ1n) is 19.0. The van der Waals surface area contributed by atoms with Crippen molar-refractivity contribution in [2.45, 2.75) is 48.7 Å². The molecule has 0 amide bonds. The minimum Gasteiger partial charge on any atom is -0.493 e. The van der Waals surface area contributed by atoms with E-state index in [1.807, 2.05) is 66.7 Å². The van der Waals surface area contributed by atoms with Gasteiger partial charge in [-0.3, -0.25) is 9.80 Å². The smallest absolute Gasteiger partial charge is 0.354 e. The Labute approximate surface area is 316 Å². The fraction of sp³-hybridized carbons (Fsp3) is 0.409. The van der Waals surface area contributed by atoms with Crippen molar-refractivity contribution < 1.29 is 38.4 Å². The molecule has 282 valence electrons. The Morgan fingerprint density at radius 1 is 0.889 bits per heavy atom. The summed E-state index contributed by atoms with van der Waals surface area (Å²) in [6, 6.07) is 30.3. The third-order valence-corrected chi connectivity index (χ3v) is 12.0. The zero-order valence-corrected chi connectivity index (χ0v) is 31.0. The molecule has 3 atom stereocenters. The van der Waals surface area contributed by atoms with Crippen LogP contribution in [0.25, 0.3) is 11.1 Å². The molecular weight excluding hydrogens is 684 g/mol. The number of likely N-dealkylation sites (tertiary alicyclic amines) is 1. The van der Waals surface area contributed by atoms with Crippen molar-refractivity contribution in [2.24, 2.45) is 0 Å². The second-order valence-corrected chi connectivity index (χ2v) is 14.7. The average Bonchev–Trinajstić information content (AvgIpc) is 3.74. The number of carbonyl (C=O) groups is 2. The highest BCUT2D eigenvalue weighted by molar-refractivity contribution is 6.03. The van der Waals surface area contributed by atoms with E-state index in [4.69, 9.17) is 23.7 Å². The van der Waals surface area contributed by atoms with E-state index < -0.39 is 29.0 Å². The Kier molecular flexibility index (Phi) is 10.1. The predicted octanol–water partition coefficient (Wildman–Crippen LogP) is 6.16. The van der Waals surface area contributed by atoms with E-state index in [9.17, 15) is 14.7 Å². The molecule has 0 radical (unpaired) electrons. The van der Waals surface area contributed by atoms with Crippen LogP contribution in [-0.2, 0) is 25.5 Å². The first kappa shape index (κ1) is 36.1. The number of rotatable bonds is 14. The van der Waals surface area contributed by atoms with Crippen LogP contribution >= 0.6 is 0 Å². The van der Waals surface area contributed by atoms with Gasteiger partial charge in [-0.1, -0.05) is 66.7 Å².